The zero-order valence-corrected chi connectivity index (χ0v) is 12.7. The molecule has 0 saturated carbocycles. The van der Waals surface area contributed by atoms with Crippen molar-refractivity contribution < 1.29 is 4.74 Å². The minimum Gasteiger partial charge on any atom is -0.481 e. The first-order chi connectivity index (χ1) is 10.3. The molecule has 2 aromatic rings. The van der Waals surface area contributed by atoms with Gasteiger partial charge in [0.2, 0.25) is 5.88 Å². The van der Waals surface area contributed by atoms with Crippen LogP contribution in [0.3, 0.4) is 0 Å². The Morgan fingerprint density at radius 1 is 1.19 bits per heavy atom. The number of hydrogen-bond donors (Lipinski definition) is 1. The average Bonchev–Trinajstić information content (AvgIpc) is 2.55. The number of ether oxygens (including phenoxy) is 1. The molecule has 1 N–H and O–H groups in total. The number of fused-ring (bicyclic) bond motifs is 1. The number of benzene rings is 1. The van der Waals surface area contributed by atoms with Crippen molar-refractivity contribution in [2.45, 2.75) is 38.3 Å². The molecular weight excluding hydrogens is 260 g/mol. The van der Waals surface area contributed by atoms with Crippen molar-refractivity contribution in [3.05, 3.63) is 59.3 Å². The lowest BCUT2D eigenvalue weighted by Gasteiger charge is -2.30. The van der Waals surface area contributed by atoms with Crippen molar-refractivity contribution in [2.24, 2.45) is 0 Å². The van der Waals surface area contributed by atoms with Crippen molar-refractivity contribution in [1.82, 2.24) is 10.3 Å². The average molecular weight is 282 g/mol. The van der Waals surface area contributed by atoms with Gasteiger partial charge in [-0.05, 0) is 41.5 Å². The van der Waals surface area contributed by atoms with Gasteiger partial charge < -0.3 is 10.1 Å². The van der Waals surface area contributed by atoms with Gasteiger partial charge in [0.15, 0.2) is 0 Å². The fraction of sp³-hybridized carbons (Fsp3) is 0.389. The highest BCUT2D eigenvalue weighted by Gasteiger charge is 2.23. The van der Waals surface area contributed by atoms with Crippen LogP contribution in [0.5, 0.6) is 5.88 Å². The molecule has 3 nitrogen and oxygen atoms in total. The van der Waals surface area contributed by atoms with Crippen molar-refractivity contribution in [1.29, 1.82) is 0 Å². The summed E-state index contributed by atoms with van der Waals surface area (Å²) >= 11 is 0. The number of methoxy groups -OCH3 is 1. The van der Waals surface area contributed by atoms with E-state index in [9.17, 15) is 0 Å². The zero-order chi connectivity index (χ0) is 14.7. The lowest BCUT2D eigenvalue weighted by molar-refractivity contribution is 0.395. The third-order valence-corrected chi connectivity index (χ3v) is 4.35. The highest BCUT2D eigenvalue weighted by molar-refractivity contribution is 5.35. The van der Waals surface area contributed by atoms with Crippen LogP contribution in [0.1, 0.15) is 48.4 Å². The van der Waals surface area contributed by atoms with Crippen LogP contribution < -0.4 is 10.1 Å². The summed E-state index contributed by atoms with van der Waals surface area (Å²) in [5.74, 6) is 1.34. The van der Waals surface area contributed by atoms with Gasteiger partial charge in [0.1, 0.15) is 0 Å². The Morgan fingerprint density at radius 2 is 2.00 bits per heavy atom. The van der Waals surface area contributed by atoms with Crippen LogP contribution in [0.2, 0.25) is 0 Å². The SMILES string of the molecule is COc1cc(CNC2CCC(C)c3ccccc32)ccn1. The summed E-state index contributed by atoms with van der Waals surface area (Å²) in [7, 11) is 1.65. The van der Waals surface area contributed by atoms with Crippen LogP contribution in [0.4, 0.5) is 0 Å². The van der Waals surface area contributed by atoms with E-state index in [1.54, 1.807) is 13.3 Å². The minimum atomic E-state index is 0.441. The monoisotopic (exact) mass is 282 g/mol. The van der Waals surface area contributed by atoms with Gasteiger partial charge in [-0.2, -0.15) is 0 Å². The van der Waals surface area contributed by atoms with E-state index >= 15 is 0 Å². The molecule has 1 aliphatic carbocycles. The standard InChI is InChI=1S/C18H22N2O/c1-13-7-8-17(16-6-4-3-5-15(13)16)20-12-14-9-10-19-18(11-14)21-2/h3-6,9-11,13,17,20H,7-8,12H2,1-2H3. The van der Waals surface area contributed by atoms with Crippen LogP contribution in [0.25, 0.3) is 0 Å². The Bertz CT molecular complexity index is 612. The molecule has 0 saturated heterocycles. The summed E-state index contributed by atoms with van der Waals surface area (Å²) < 4.78 is 5.18. The number of hydrogen-bond acceptors (Lipinski definition) is 3. The lowest BCUT2D eigenvalue weighted by atomic mass is 9.81. The number of nitrogens with one attached hydrogen (secondary N) is 1. The molecule has 0 spiro atoms. The van der Waals surface area contributed by atoms with Gasteiger partial charge in [-0.3, -0.25) is 0 Å². The van der Waals surface area contributed by atoms with Gasteiger partial charge in [-0.25, -0.2) is 4.98 Å². The lowest BCUT2D eigenvalue weighted by Crippen LogP contribution is -2.25. The molecular formula is C18H22N2O. The first-order valence-corrected chi connectivity index (χ1v) is 7.59. The molecule has 0 amide bonds. The maximum absolute atomic E-state index is 5.18. The molecule has 3 heteroatoms. The van der Waals surface area contributed by atoms with Crippen LogP contribution in [-0.4, -0.2) is 12.1 Å². The summed E-state index contributed by atoms with van der Waals surface area (Å²) in [6, 6.07) is 13.3. The highest BCUT2D eigenvalue weighted by Crippen LogP contribution is 2.37. The van der Waals surface area contributed by atoms with E-state index in [4.69, 9.17) is 4.74 Å². The molecule has 0 aliphatic heterocycles. The summed E-state index contributed by atoms with van der Waals surface area (Å²) in [5.41, 5.74) is 4.16. The van der Waals surface area contributed by atoms with Crippen LogP contribution in [-0.2, 0) is 6.54 Å². The Labute approximate surface area is 126 Å². The third kappa shape index (κ3) is 3.08. The van der Waals surface area contributed by atoms with Crippen LogP contribution >= 0.6 is 0 Å². The van der Waals surface area contributed by atoms with E-state index in [-0.39, 0.29) is 0 Å². The second-order valence-electron chi connectivity index (χ2n) is 5.75. The summed E-state index contributed by atoms with van der Waals surface area (Å²) in [6.07, 6.45) is 4.24. The summed E-state index contributed by atoms with van der Waals surface area (Å²) in [4.78, 5) is 4.15. The quantitative estimate of drug-likeness (QED) is 0.925. The molecule has 1 heterocycles. The first-order valence-electron chi connectivity index (χ1n) is 7.59. The molecule has 0 radical (unpaired) electrons. The van der Waals surface area contributed by atoms with Crippen LogP contribution in [0.15, 0.2) is 42.6 Å². The Morgan fingerprint density at radius 3 is 2.81 bits per heavy atom. The molecule has 1 aromatic carbocycles. The number of rotatable bonds is 4. The highest BCUT2D eigenvalue weighted by atomic mass is 16.5. The van der Waals surface area contributed by atoms with E-state index in [1.165, 1.54) is 29.5 Å². The molecule has 2 atom stereocenters. The molecule has 110 valence electrons. The van der Waals surface area contributed by atoms with Gasteiger partial charge in [0.25, 0.3) is 0 Å². The van der Waals surface area contributed by atoms with E-state index < -0.39 is 0 Å². The van der Waals surface area contributed by atoms with Gasteiger partial charge >= 0.3 is 0 Å². The van der Waals surface area contributed by atoms with Gasteiger partial charge in [0, 0.05) is 24.8 Å². The topological polar surface area (TPSA) is 34.1 Å². The molecule has 21 heavy (non-hydrogen) atoms. The molecule has 2 unspecified atom stereocenters. The largest absolute Gasteiger partial charge is 0.481 e. The normalized spacial score (nSPS) is 20.9. The molecule has 0 bridgehead atoms. The fourth-order valence-corrected chi connectivity index (χ4v) is 3.13. The summed E-state index contributed by atoms with van der Waals surface area (Å²) in [5, 5.41) is 3.68. The second-order valence-corrected chi connectivity index (χ2v) is 5.75. The van der Waals surface area contributed by atoms with E-state index in [2.05, 4.69) is 41.5 Å². The Balaban J connectivity index is 1.72. The minimum absolute atomic E-state index is 0.441. The predicted molar refractivity (Wildman–Crippen MR) is 84.5 cm³/mol. The smallest absolute Gasteiger partial charge is 0.213 e. The van der Waals surface area contributed by atoms with Gasteiger partial charge in [-0.1, -0.05) is 31.2 Å². The van der Waals surface area contributed by atoms with E-state index in [0.717, 1.165) is 6.54 Å². The molecule has 0 fully saturated rings. The maximum Gasteiger partial charge on any atom is 0.213 e. The number of aromatic nitrogens is 1. The van der Waals surface area contributed by atoms with Crippen molar-refractivity contribution in [2.75, 3.05) is 7.11 Å². The van der Waals surface area contributed by atoms with E-state index in [1.807, 2.05) is 12.1 Å². The maximum atomic E-state index is 5.18. The van der Waals surface area contributed by atoms with Crippen molar-refractivity contribution >= 4 is 0 Å². The third-order valence-electron chi connectivity index (χ3n) is 4.35. The Kier molecular flexibility index (Phi) is 4.20. The molecule has 1 aliphatic rings. The Hall–Kier alpha value is -1.87. The summed E-state index contributed by atoms with van der Waals surface area (Å²) in [6.45, 7) is 3.16. The van der Waals surface area contributed by atoms with E-state index in [0.29, 0.717) is 17.8 Å². The molecule has 1 aromatic heterocycles. The van der Waals surface area contributed by atoms with Gasteiger partial charge in [0.05, 0.1) is 7.11 Å². The van der Waals surface area contributed by atoms with Crippen molar-refractivity contribution in [3.63, 3.8) is 0 Å². The van der Waals surface area contributed by atoms with Gasteiger partial charge in [-0.15, -0.1) is 0 Å². The zero-order valence-electron chi connectivity index (χ0n) is 12.7. The second kappa shape index (κ2) is 6.27. The first kappa shape index (κ1) is 14.1. The van der Waals surface area contributed by atoms with Crippen molar-refractivity contribution in [3.8, 4) is 5.88 Å². The predicted octanol–water partition coefficient (Wildman–Crippen LogP) is 3.82. The van der Waals surface area contributed by atoms with Crippen LogP contribution in [0, 0.1) is 0 Å². The number of pyridine rings is 1. The number of nitrogens with zero attached hydrogens (tertiary/aromatic N) is 1. The molecule has 3 rings (SSSR count). The fourth-order valence-electron chi connectivity index (χ4n) is 3.13.